The van der Waals surface area contributed by atoms with E-state index in [0.29, 0.717) is 11.8 Å². The van der Waals surface area contributed by atoms with Crippen molar-refractivity contribution in [1.82, 2.24) is 0 Å². The molecule has 104 valence electrons. The lowest BCUT2D eigenvalue weighted by Crippen LogP contribution is -2.33. The van der Waals surface area contributed by atoms with Gasteiger partial charge in [0.05, 0.1) is 15.3 Å². The van der Waals surface area contributed by atoms with Crippen LogP contribution in [0.1, 0.15) is 50.5 Å². The first-order valence-electron chi connectivity index (χ1n) is 6.83. The van der Waals surface area contributed by atoms with Gasteiger partial charge in [-0.25, -0.2) is 0 Å². The van der Waals surface area contributed by atoms with Crippen LogP contribution in [-0.4, -0.2) is 5.11 Å². The van der Waals surface area contributed by atoms with Crippen molar-refractivity contribution in [2.24, 2.45) is 17.3 Å². The zero-order chi connectivity index (χ0) is 14.0. The van der Waals surface area contributed by atoms with E-state index in [1.165, 1.54) is 11.3 Å². The van der Waals surface area contributed by atoms with Crippen molar-refractivity contribution in [3.63, 3.8) is 0 Å². The summed E-state index contributed by atoms with van der Waals surface area (Å²) in [5.41, 5.74) is -0.588. The summed E-state index contributed by atoms with van der Waals surface area (Å²) >= 11 is 4.94. The minimum atomic E-state index is -0.651. The third-order valence-electron chi connectivity index (χ3n) is 4.47. The van der Waals surface area contributed by atoms with Crippen molar-refractivity contribution in [3.05, 3.63) is 20.8 Å². The second kappa shape index (κ2) is 5.95. The van der Waals surface area contributed by atoms with Gasteiger partial charge in [-0.1, -0.05) is 13.8 Å². The number of nitrogens with zero attached hydrogens (tertiary/aromatic N) is 1. The van der Waals surface area contributed by atoms with Gasteiger partial charge in [0.2, 0.25) is 0 Å². The van der Waals surface area contributed by atoms with Crippen molar-refractivity contribution in [2.75, 3.05) is 0 Å². The highest BCUT2D eigenvalue weighted by Gasteiger charge is 2.43. The summed E-state index contributed by atoms with van der Waals surface area (Å²) in [5.74, 6) is 1.37. The molecule has 4 heteroatoms. The van der Waals surface area contributed by atoms with Gasteiger partial charge in [-0.05, 0) is 65.6 Å². The topological polar surface area (TPSA) is 44.0 Å². The predicted octanol–water partition coefficient (Wildman–Crippen LogP) is 4.90. The fourth-order valence-electron chi connectivity index (χ4n) is 3.02. The molecule has 0 radical (unpaired) electrons. The van der Waals surface area contributed by atoms with E-state index in [-0.39, 0.29) is 0 Å². The fraction of sp³-hybridized carbons (Fsp3) is 0.667. The van der Waals surface area contributed by atoms with Crippen LogP contribution in [0.25, 0.3) is 0 Å². The van der Waals surface area contributed by atoms with E-state index < -0.39 is 11.5 Å². The summed E-state index contributed by atoms with van der Waals surface area (Å²) in [6, 6.07) is 6.29. The maximum atomic E-state index is 10.6. The molecule has 0 aromatic carbocycles. The molecule has 1 atom stereocenters. The van der Waals surface area contributed by atoms with Crippen LogP contribution in [0.5, 0.6) is 0 Å². The summed E-state index contributed by atoms with van der Waals surface area (Å²) in [6.07, 6.45) is 3.07. The molecule has 1 aromatic heterocycles. The number of hydrogen-bond donors (Lipinski definition) is 1. The molecule has 1 aliphatic rings. The molecular formula is C15H20BrNOS. The highest BCUT2D eigenvalue weighted by atomic mass is 79.9. The highest BCUT2D eigenvalue weighted by Crippen LogP contribution is 2.49. The Kier molecular flexibility index (Phi) is 4.70. The molecule has 0 aliphatic heterocycles. The molecule has 1 saturated carbocycles. The number of nitriles is 1. The number of thiophene rings is 1. The van der Waals surface area contributed by atoms with E-state index >= 15 is 0 Å². The molecule has 0 bridgehead atoms. The van der Waals surface area contributed by atoms with Crippen LogP contribution >= 0.6 is 27.3 Å². The summed E-state index contributed by atoms with van der Waals surface area (Å²) in [4.78, 5) is 0.899. The van der Waals surface area contributed by atoms with Gasteiger partial charge < -0.3 is 5.11 Å². The third kappa shape index (κ3) is 3.04. The Morgan fingerprint density at radius 3 is 2.47 bits per heavy atom. The Morgan fingerprint density at radius 1 is 1.42 bits per heavy atom. The quantitative estimate of drug-likeness (QED) is 0.849. The largest absolute Gasteiger partial charge is 0.386 e. The van der Waals surface area contributed by atoms with E-state index in [1.54, 1.807) is 0 Å². The minimum Gasteiger partial charge on any atom is -0.386 e. The van der Waals surface area contributed by atoms with E-state index in [1.807, 2.05) is 12.1 Å². The van der Waals surface area contributed by atoms with Crippen molar-refractivity contribution in [2.45, 2.75) is 45.6 Å². The van der Waals surface area contributed by atoms with Gasteiger partial charge in [0, 0.05) is 4.88 Å². The zero-order valence-electron chi connectivity index (χ0n) is 11.4. The van der Waals surface area contributed by atoms with E-state index in [4.69, 9.17) is 0 Å². The molecule has 1 aliphatic carbocycles. The van der Waals surface area contributed by atoms with Gasteiger partial charge in [0.25, 0.3) is 0 Å². The van der Waals surface area contributed by atoms with E-state index in [0.717, 1.165) is 34.3 Å². The van der Waals surface area contributed by atoms with Crippen LogP contribution in [0.3, 0.4) is 0 Å². The molecule has 2 nitrogen and oxygen atoms in total. The number of aliphatic hydroxyl groups is 1. The molecule has 1 aromatic rings. The Labute approximate surface area is 127 Å². The first-order chi connectivity index (χ1) is 8.98. The maximum absolute atomic E-state index is 10.6. The van der Waals surface area contributed by atoms with Crippen molar-refractivity contribution < 1.29 is 5.11 Å². The molecule has 0 amide bonds. The maximum Gasteiger partial charge on any atom is 0.107 e. The van der Waals surface area contributed by atoms with Crippen molar-refractivity contribution in [3.8, 4) is 6.07 Å². The van der Waals surface area contributed by atoms with Gasteiger partial charge in [-0.15, -0.1) is 11.3 Å². The van der Waals surface area contributed by atoms with Crippen LogP contribution in [0, 0.1) is 28.6 Å². The Morgan fingerprint density at radius 2 is 2.05 bits per heavy atom. The van der Waals surface area contributed by atoms with Crippen LogP contribution in [0.4, 0.5) is 0 Å². The Bertz CT molecular complexity index is 469. The lowest BCUT2D eigenvalue weighted by Gasteiger charge is -2.39. The molecule has 2 rings (SSSR count). The normalized spacial score (nSPS) is 29.2. The fourth-order valence-corrected chi connectivity index (χ4v) is 4.54. The Hall–Kier alpha value is -0.370. The van der Waals surface area contributed by atoms with Gasteiger partial charge in [-0.3, -0.25) is 0 Å². The lowest BCUT2D eigenvalue weighted by atomic mass is 9.66. The molecule has 1 heterocycles. The smallest absolute Gasteiger partial charge is 0.107 e. The minimum absolute atomic E-state index is 0.588. The average molecular weight is 342 g/mol. The first-order valence-corrected chi connectivity index (χ1v) is 8.44. The SMILES string of the molecule is CC(C)C1CCC(C#N)(C(O)c2ccc(Br)s2)CC1. The zero-order valence-corrected chi connectivity index (χ0v) is 13.8. The van der Waals surface area contributed by atoms with Crippen molar-refractivity contribution in [1.29, 1.82) is 5.26 Å². The number of hydrogen-bond acceptors (Lipinski definition) is 3. The molecule has 19 heavy (non-hydrogen) atoms. The van der Waals surface area contributed by atoms with Crippen LogP contribution in [0.15, 0.2) is 15.9 Å². The van der Waals surface area contributed by atoms with Crippen LogP contribution < -0.4 is 0 Å². The summed E-state index contributed by atoms with van der Waals surface area (Å²) < 4.78 is 1.01. The van der Waals surface area contributed by atoms with Crippen molar-refractivity contribution >= 4 is 27.3 Å². The lowest BCUT2D eigenvalue weighted by molar-refractivity contribution is 0.0214. The third-order valence-corrected chi connectivity index (χ3v) is 6.15. The standard InChI is InChI=1S/C15H20BrNOS/c1-10(2)11-5-7-15(9-17,8-6-11)14(18)12-3-4-13(16)19-12/h3-4,10-11,14,18H,5-8H2,1-2H3. The molecular weight excluding hydrogens is 322 g/mol. The number of rotatable bonds is 3. The first kappa shape index (κ1) is 15.0. The molecule has 1 N–H and O–H groups in total. The van der Waals surface area contributed by atoms with Gasteiger partial charge >= 0.3 is 0 Å². The second-order valence-corrected chi connectivity index (χ2v) is 8.39. The van der Waals surface area contributed by atoms with Gasteiger partial charge in [-0.2, -0.15) is 5.26 Å². The van der Waals surface area contributed by atoms with Gasteiger partial charge in [0.15, 0.2) is 0 Å². The van der Waals surface area contributed by atoms with E-state index in [9.17, 15) is 10.4 Å². The monoisotopic (exact) mass is 341 g/mol. The van der Waals surface area contributed by atoms with Crippen LogP contribution in [0.2, 0.25) is 0 Å². The summed E-state index contributed by atoms with van der Waals surface area (Å²) in [6.45, 7) is 4.49. The average Bonchev–Trinajstić information content (AvgIpc) is 2.84. The second-order valence-electron chi connectivity index (χ2n) is 5.89. The Balaban J connectivity index is 2.14. The van der Waals surface area contributed by atoms with E-state index in [2.05, 4.69) is 35.8 Å². The highest BCUT2D eigenvalue weighted by molar-refractivity contribution is 9.11. The summed E-state index contributed by atoms with van der Waals surface area (Å²) in [5, 5.41) is 20.2. The molecule has 0 saturated heterocycles. The molecule has 1 unspecified atom stereocenters. The predicted molar refractivity (Wildman–Crippen MR) is 81.8 cm³/mol. The molecule has 0 spiro atoms. The number of halogens is 1. The molecule has 1 fully saturated rings. The number of aliphatic hydroxyl groups excluding tert-OH is 1. The summed E-state index contributed by atoms with van der Waals surface area (Å²) in [7, 11) is 0. The van der Waals surface area contributed by atoms with Crippen LogP contribution in [-0.2, 0) is 0 Å². The van der Waals surface area contributed by atoms with Gasteiger partial charge in [0.1, 0.15) is 6.10 Å².